The van der Waals surface area contributed by atoms with E-state index in [0.717, 1.165) is 0 Å². The van der Waals surface area contributed by atoms with Gasteiger partial charge in [-0.15, -0.1) is 0 Å². The minimum absolute atomic E-state index is 0.0520. The van der Waals surface area contributed by atoms with Crippen LogP contribution >= 0.6 is 0 Å². The van der Waals surface area contributed by atoms with Crippen LogP contribution in [0.3, 0.4) is 0 Å². The highest BCUT2D eigenvalue weighted by Gasteiger charge is 2.40. The Morgan fingerprint density at radius 2 is 1.93 bits per heavy atom. The topological polar surface area (TPSA) is 63.6 Å². The second-order valence-corrected chi connectivity index (χ2v) is 9.86. The third-order valence-corrected chi connectivity index (χ3v) is 7.31. The van der Waals surface area contributed by atoms with Crippen molar-refractivity contribution >= 4 is 20.6 Å². The highest BCUT2D eigenvalue weighted by atomic mass is 28.4. The van der Waals surface area contributed by atoms with Crippen LogP contribution in [0.15, 0.2) is 0 Å². The van der Waals surface area contributed by atoms with Gasteiger partial charge in [-0.2, -0.15) is 0 Å². The first-order chi connectivity index (χ1) is 6.62. The molecule has 0 aliphatic rings. The van der Waals surface area contributed by atoms with Gasteiger partial charge in [0.15, 0.2) is 8.32 Å². The van der Waals surface area contributed by atoms with Gasteiger partial charge in [-0.05, 0) is 18.1 Å². The molecular weight excluding hydrogens is 212 g/mol. The maximum Gasteiger partial charge on any atom is 0.332 e. The zero-order valence-corrected chi connectivity index (χ0v) is 11.0. The second-order valence-electron chi connectivity index (χ2n) is 5.11. The van der Waals surface area contributed by atoms with E-state index in [9.17, 15) is 9.59 Å². The van der Waals surface area contributed by atoms with Crippen LogP contribution in [0.1, 0.15) is 27.2 Å². The van der Waals surface area contributed by atoms with E-state index < -0.39 is 20.4 Å². The van der Waals surface area contributed by atoms with E-state index in [4.69, 9.17) is 9.53 Å². The summed E-state index contributed by atoms with van der Waals surface area (Å²) in [5, 5.41) is 8.82. The van der Waals surface area contributed by atoms with Crippen LogP contribution < -0.4 is 0 Å². The van der Waals surface area contributed by atoms with E-state index in [1.54, 1.807) is 0 Å². The molecule has 0 aliphatic heterocycles. The van der Waals surface area contributed by atoms with Gasteiger partial charge in [0, 0.05) is 6.42 Å². The van der Waals surface area contributed by atoms with Crippen LogP contribution in [-0.2, 0) is 14.0 Å². The summed E-state index contributed by atoms with van der Waals surface area (Å²) in [7, 11) is -2.11. The van der Waals surface area contributed by atoms with Crippen molar-refractivity contribution in [2.24, 2.45) is 0 Å². The summed E-state index contributed by atoms with van der Waals surface area (Å²) in [5.74, 6) is -1.06. The highest BCUT2D eigenvalue weighted by molar-refractivity contribution is 6.74. The number of carboxylic acid groups (broad SMARTS) is 1. The van der Waals surface area contributed by atoms with Crippen molar-refractivity contribution in [3.05, 3.63) is 0 Å². The molecular formula is C10H20O4Si. The Bertz CT molecular complexity index is 242. The van der Waals surface area contributed by atoms with Crippen molar-refractivity contribution in [1.82, 2.24) is 0 Å². The summed E-state index contributed by atoms with van der Waals surface area (Å²) in [4.78, 5) is 21.2. The number of rotatable bonds is 5. The Kier molecular flexibility index (Phi) is 4.67. The molecule has 0 radical (unpaired) electrons. The lowest BCUT2D eigenvalue weighted by Crippen LogP contribution is -2.46. The molecule has 15 heavy (non-hydrogen) atoms. The molecule has 0 saturated heterocycles. The largest absolute Gasteiger partial charge is 0.479 e. The van der Waals surface area contributed by atoms with E-state index in [2.05, 4.69) is 0 Å². The van der Waals surface area contributed by atoms with Crippen molar-refractivity contribution in [2.45, 2.75) is 51.4 Å². The van der Waals surface area contributed by atoms with Gasteiger partial charge in [0.25, 0.3) is 0 Å². The van der Waals surface area contributed by atoms with Crippen LogP contribution in [0.2, 0.25) is 18.1 Å². The van der Waals surface area contributed by atoms with Gasteiger partial charge in [0.2, 0.25) is 0 Å². The maximum atomic E-state index is 10.8. The summed E-state index contributed by atoms with van der Waals surface area (Å²) in [6.45, 7) is 10.0. The van der Waals surface area contributed by atoms with Crippen LogP contribution in [0.5, 0.6) is 0 Å². The molecule has 0 heterocycles. The molecule has 0 unspecified atom stereocenters. The Balaban J connectivity index is 4.66. The number of aldehydes is 1. The smallest absolute Gasteiger partial charge is 0.332 e. The lowest BCUT2D eigenvalue weighted by atomic mass is 10.2. The molecule has 0 aromatic heterocycles. The second kappa shape index (κ2) is 4.89. The average Bonchev–Trinajstić information content (AvgIpc) is 2.00. The standard InChI is InChI=1S/C10H20O4Si/c1-10(2,3)15(4,5)14-8(6-7-11)9(12)13/h7-8H,6H2,1-5H3,(H,12,13)/t8-/m0/s1. The molecule has 0 amide bonds. The summed E-state index contributed by atoms with van der Waals surface area (Å²) in [5.41, 5.74) is 0. The van der Waals surface area contributed by atoms with Gasteiger partial charge in [-0.25, -0.2) is 4.79 Å². The first-order valence-electron chi connectivity index (χ1n) is 4.96. The molecule has 5 heteroatoms. The number of hydrogen-bond donors (Lipinski definition) is 1. The zero-order chi connectivity index (χ0) is 12.3. The van der Waals surface area contributed by atoms with Crippen LogP contribution in [-0.4, -0.2) is 31.8 Å². The lowest BCUT2D eigenvalue weighted by Gasteiger charge is -2.37. The van der Waals surface area contributed by atoms with E-state index >= 15 is 0 Å². The fraction of sp³-hybridized carbons (Fsp3) is 0.800. The molecule has 1 N–H and O–H groups in total. The van der Waals surface area contributed by atoms with Gasteiger partial charge in [0.05, 0.1) is 0 Å². The van der Waals surface area contributed by atoms with Crippen LogP contribution in [0, 0.1) is 0 Å². The van der Waals surface area contributed by atoms with E-state index in [1.807, 2.05) is 33.9 Å². The van der Waals surface area contributed by atoms with Crippen molar-refractivity contribution in [3.8, 4) is 0 Å². The van der Waals surface area contributed by atoms with Gasteiger partial charge in [0.1, 0.15) is 12.4 Å². The summed E-state index contributed by atoms with van der Waals surface area (Å²) >= 11 is 0. The normalized spacial score (nSPS) is 14.7. The zero-order valence-electron chi connectivity index (χ0n) is 10.0. The first kappa shape index (κ1) is 14.3. The van der Waals surface area contributed by atoms with E-state index in [0.29, 0.717) is 6.29 Å². The SMILES string of the molecule is CC(C)(C)[Si](C)(C)O[C@@H](CC=O)C(=O)O. The van der Waals surface area contributed by atoms with Crippen molar-refractivity contribution in [3.63, 3.8) is 0 Å². The molecule has 0 fully saturated rings. The first-order valence-corrected chi connectivity index (χ1v) is 7.87. The predicted octanol–water partition coefficient (Wildman–Crippen LogP) is 2.05. The molecule has 0 spiro atoms. The number of carboxylic acids is 1. The van der Waals surface area contributed by atoms with Crippen molar-refractivity contribution in [2.75, 3.05) is 0 Å². The minimum atomic E-state index is -2.11. The van der Waals surface area contributed by atoms with Crippen molar-refractivity contribution < 1.29 is 19.1 Å². The maximum absolute atomic E-state index is 10.8. The fourth-order valence-electron chi connectivity index (χ4n) is 0.819. The predicted molar refractivity (Wildman–Crippen MR) is 60.4 cm³/mol. The quantitative estimate of drug-likeness (QED) is 0.582. The third kappa shape index (κ3) is 4.13. The van der Waals surface area contributed by atoms with Gasteiger partial charge < -0.3 is 14.3 Å². The van der Waals surface area contributed by atoms with Crippen molar-refractivity contribution in [1.29, 1.82) is 0 Å². The van der Waals surface area contributed by atoms with Crippen LogP contribution in [0.25, 0.3) is 0 Å². The minimum Gasteiger partial charge on any atom is -0.479 e. The van der Waals surface area contributed by atoms with Crippen LogP contribution in [0.4, 0.5) is 0 Å². The fourth-order valence-corrected chi connectivity index (χ4v) is 2.08. The Morgan fingerprint density at radius 1 is 1.47 bits per heavy atom. The van der Waals surface area contributed by atoms with Gasteiger partial charge in [-0.3, -0.25) is 0 Å². The molecule has 4 nitrogen and oxygen atoms in total. The van der Waals surface area contributed by atoms with Gasteiger partial charge in [-0.1, -0.05) is 20.8 Å². The number of carbonyl (C=O) groups is 2. The van der Waals surface area contributed by atoms with Gasteiger partial charge >= 0.3 is 5.97 Å². The Morgan fingerprint density at radius 3 is 2.20 bits per heavy atom. The summed E-state index contributed by atoms with van der Waals surface area (Å²) < 4.78 is 5.61. The summed E-state index contributed by atoms with van der Waals surface area (Å²) in [6, 6.07) is 0. The average molecular weight is 232 g/mol. The molecule has 0 saturated carbocycles. The number of hydrogen-bond acceptors (Lipinski definition) is 3. The molecule has 88 valence electrons. The monoisotopic (exact) mass is 232 g/mol. The summed E-state index contributed by atoms with van der Waals surface area (Å²) in [6.07, 6.45) is -0.489. The molecule has 0 bridgehead atoms. The van der Waals surface area contributed by atoms with E-state index in [1.165, 1.54) is 0 Å². The third-order valence-electron chi connectivity index (χ3n) is 2.83. The molecule has 0 aromatic carbocycles. The molecule has 1 atom stereocenters. The number of aliphatic carboxylic acids is 1. The Hall–Kier alpha value is -0.683. The molecule has 0 aliphatic carbocycles. The number of carbonyl (C=O) groups excluding carboxylic acids is 1. The Labute approximate surface area is 91.8 Å². The molecule has 0 rings (SSSR count). The lowest BCUT2D eigenvalue weighted by molar-refractivity contribution is -0.146. The molecule has 0 aromatic rings. The highest BCUT2D eigenvalue weighted by Crippen LogP contribution is 2.37. The van der Waals surface area contributed by atoms with E-state index in [-0.39, 0.29) is 11.5 Å².